The Hall–Kier alpha value is -1.10. The molecule has 1 unspecified atom stereocenters. The summed E-state index contributed by atoms with van der Waals surface area (Å²) >= 11 is 0. The van der Waals surface area contributed by atoms with Gasteiger partial charge in [0.25, 0.3) is 0 Å². The van der Waals surface area contributed by atoms with Gasteiger partial charge in [0.05, 0.1) is 11.5 Å². The Morgan fingerprint density at radius 1 is 1.30 bits per heavy atom. The SMILES string of the molecule is CCCC1(C(=O)O)CCN(C(=O)[C@@H](N)C(C)CC)CC1. The number of carbonyl (C=O) groups excluding carboxylic acids is 1. The number of aliphatic carboxylic acids is 1. The molecule has 0 aromatic heterocycles. The average Bonchev–Trinajstić information content (AvgIpc) is 2.45. The van der Waals surface area contributed by atoms with Gasteiger partial charge in [-0.25, -0.2) is 0 Å². The average molecular weight is 284 g/mol. The molecule has 1 aliphatic rings. The van der Waals surface area contributed by atoms with E-state index in [1.54, 1.807) is 4.90 Å². The van der Waals surface area contributed by atoms with Gasteiger partial charge in [0.15, 0.2) is 0 Å². The molecular weight excluding hydrogens is 256 g/mol. The minimum atomic E-state index is -0.724. The second-order valence-corrected chi connectivity index (χ2v) is 6.07. The summed E-state index contributed by atoms with van der Waals surface area (Å²) in [5.41, 5.74) is 5.33. The smallest absolute Gasteiger partial charge is 0.309 e. The van der Waals surface area contributed by atoms with Crippen LogP contribution >= 0.6 is 0 Å². The van der Waals surface area contributed by atoms with Crippen molar-refractivity contribution in [3.63, 3.8) is 0 Å². The van der Waals surface area contributed by atoms with Gasteiger partial charge in [0, 0.05) is 13.1 Å². The largest absolute Gasteiger partial charge is 0.481 e. The summed E-state index contributed by atoms with van der Waals surface area (Å²) in [6.07, 6.45) is 3.48. The fourth-order valence-corrected chi connectivity index (χ4v) is 2.91. The maximum absolute atomic E-state index is 12.3. The van der Waals surface area contributed by atoms with E-state index in [2.05, 4.69) is 0 Å². The Bertz CT molecular complexity index is 349. The van der Waals surface area contributed by atoms with E-state index >= 15 is 0 Å². The van der Waals surface area contributed by atoms with Gasteiger partial charge in [-0.2, -0.15) is 0 Å². The van der Waals surface area contributed by atoms with E-state index in [1.165, 1.54) is 0 Å². The molecule has 0 aromatic carbocycles. The predicted octanol–water partition coefficient (Wildman–Crippen LogP) is 1.85. The number of likely N-dealkylation sites (tertiary alicyclic amines) is 1. The first-order chi connectivity index (χ1) is 9.38. The van der Waals surface area contributed by atoms with Crippen LogP contribution in [0.4, 0.5) is 0 Å². The predicted molar refractivity (Wildman–Crippen MR) is 78.2 cm³/mol. The second-order valence-electron chi connectivity index (χ2n) is 6.07. The van der Waals surface area contributed by atoms with Gasteiger partial charge in [-0.3, -0.25) is 9.59 Å². The first-order valence-electron chi connectivity index (χ1n) is 7.65. The minimum absolute atomic E-state index is 0.0326. The minimum Gasteiger partial charge on any atom is -0.481 e. The summed E-state index contributed by atoms with van der Waals surface area (Å²) in [6, 6.07) is -0.469. The van der Waals surface area contributed by atoms with Gasteiger partial charge in [-0.1, -0.05) is 33.6 Å². The molecule has 3 N–H and O–H groups in total. The summed E-state index contributed by atoms with van der Waals surface area (Å²) in [7, 11) is 0. The Balaban J connectivity index is 2.65. The maximum Gasteiger partial charge on any atom is 0.309 e. The van der Waals surface area contributed by atoms with Crippen LogP contribution in [0.1, 0.15) is 52.9 Å². The van der Waals surface area contributed by atoms with Crippen molar-refractivity contribution in [2.45, 2.75) is 58.9 Å². The van der Waals surface area contributed by atoms with Crippen LogP contribution in [-0.4, -0.2) is 41.0 Å². The molecule has 1 fully saturated rings. The lowest BCUT2D eigenvalue weighted by Crippen LogP contribution is -2.52. The van der Waals surface area contributed by atoms with Crippen molar-refractivity contribution in [1.29, 1.82) is 0 Å². The molecule has 5 nitrogen and oxygen atoms in total. The molecule has 1 aliphatic heterocycles. The number of carboxylic acids is 1. The van der Waals surface area contributed by atoms with Crippen LogP contribution < -0.4 is 5.73 Å². The second kappa shape index (κ2) is 7.07. The van der Waals surface area contributed by atoms with Gasteiger partial charge in [-0.05, 0) is 25.2 Å². The van der Waals surface area contributed by atoms with Gasteiger partial charge >= 0.3 is 5.97 Å². The van der Waals surface area contributed by atoms with Crippen LogP contribution in [0.5, 0.6) is 0 Å². The zero-order valence-electron chi connectivity index (χ0n) is 12.9. The van der Waals surface area contributed by atoms with Crippen LogP contribution in [0, 0.1) is 11.3 Å². The van der Waals surface area contributed by atoms with Crippen molar-refractivity contribution in [1.82, 2.24) is 4.90 Å². The molecular formula is C15H28N2O3. The third-order valence-corrected chi connectivity index (χ3v) is 4.76. The molecule has 0 radical (unpaired) electrons. The highest BCUT2D eigenvalue weighted by Gasteiger charge is 2.42. The van der Waals surface area contributed by atoms with E-state index in [-0.39, 0.29) is 11.8 Å². The van der Waals surface area contributed by atoms with E-state index < -0.39 is 17.4 Å². The van der Waals surface area contributed by atoms with Crippen molar-refractivity contribution < 1.29 is 14.7 Å². The fourth-order valence-electron chi connectivity index (χ4n) is 2.91. The topological polar surface area (TPSA) is 83.6 Å². The van der Waals surface area contributed by atoms with Crippen molar-refractivity contribution in [3.8, 4) is 0 Å². The maximum atomic E-state index is 12.3. The number of hydrogen-bond donors (Lipinski definition) is 2. The number of nitrogens with two attached hydrogens (primary N) is 1. The van der Waals surface area contributed by atoms with E-state index in [0.717, 1.165) is 12.8 Å². The highest BCUT2D eigenvalue weighted by atomic mass is 16.4. The molecule has 116 valence electrons. The standard InChI is InChI=1S/C15H28N2O3/c1-4-6-15(14(19)20)7-9-17(10-8-15)13(18)12(16)11(3)5-2/h11-12H,4-10,16H2,1-3H3,(H,19,20)/t11?,12-/m0/s1. The number of carboxylic acid groups (broad SMARTS) is 1. The van der Waals surface area contributed by atoms with Crippen molar-refractivity contribution >= 4 is 11.9 Å². The van der Waals surface area contributed by atoms with Crippen molar-refractivity contribution in [3.05, 3.63) is 0 Å². The van der Waals surface area contributed by atoms with Crippen LogP contribution in [0.15, 0.2) is 0 Å². The summed E-state index contributed by atoms with van der Waals surface area (Å²) in [6.45, 7) is 7.02. The summed E-state index contributed by atoms with van der Waals surface area (Å²) in [4.78, 5) is 25.5. The van der Waals surface area contributed by atoms with E-state index in [1.807, 2.05) is 20.8 Å². The number of piperidine rings is 1. The van der Waals surface area contributed by atoms with E-state index in [0.29, 0.717) is 32.4 Å². The van der Waals surface area contributed by atoms with E-state index in [9.17, 15) is 14.7 Å². The molecule has 1 rings (SSSR count). The first kappa shape index (κ1) is 17.0. The molecule has 0 aromatic rings. The molecule has 2 atom stereocenters. The number of nitrogens with zero attached hydrogens (tertiary/aromatic N) is 1. The first-order valence-corrected chi connectivity index (χ1v) is 7.65. The lowest BCUT2D eigenvalue weighted by Gasteiger charge is -2.40. The summed E-state index contributed by atoms with van der Waals surface area (Å²) < 4.78 is 0. The Morgan fingerprint density at radius 3 is 2.25 bits per heavy atom. The lowest BCUT2D eigenvalue weighted by atomic mass is 9.75. The summed E-state index contributed by atoms with van der Waals surface area (Å²) in [5, 5.41) is 9.45. The van der Waals surface area contributed by atoms with Gasteiger partial charge < -0.3 is 15.7 Å². The number of rotatable bonds is 6. The van der Waals surface area contributed by atoms with Crippen LogP contribution in [0.25, 0.3) is 0 Å². The zero-order valence-corrected chi connectivity index (χ0v) is 12.9. The van der Waals surface area contributed by atoms with Crippen LogP contribution in [-0.2, 0) is 9.59 Å². The van der Waals surface area contributed by atoms with Crippen molar-refractivity contribution in [2.75, 3.05) is 13.1 Å². The zero-order chi connectivity index (χ0) is 15.3. The molecule has 0 bridgehead atoms. The third-order valence-electron chi connectivity index (χ3n) is 4.76. The van der Waals surface area contributed by atoms with E-state index in [4.69, 9.17) is 5.73 Å². The Labute approximate surface area is 121 Å². The lowest BCUT2D eigenvalue weighted by molar-refractivity contribution is -0.155. The molecule has 0 saturated carbocycles. The monoisotopic (exact) mass is 284 g/mol. The third kappa shape index (κ3) is 3.51. The van der Waals surface area contributed by atoms with Crippen LogP contribution in [0.2, 0.25) is 0 Å². The van der Waals surface area contributed by atoms with Gasteiger partial charge in [-0.15, -0.1) is 0 Å². The van der Waals surface area contributed by atoms with Crippen LogP contribution in [0.3, 0.4) is 0 Å². The van der Waals surface area contributed by atoms with Gasteiger partial charge in [0.1, 0.15) is 0 Å². The van der Waals surface area contributed by atoms with Gasteiger partial charge in [0.2, 0.25) is 5.91 Å². The molecule has 1 heterocycles. The molecule has 1 saturated heterocycles. The molecule has 1 amide bonds. The molecule has 5 heteroatoms. The van der Waals surface area contributed by atoms with Crippen molar-refractivity contribution in [2.24, 2.45) is 17.1 Å². The number of hydrogen-bond acceptors (Lipinski definition) is 3. The normalized spacial score (nSPS) is 21.3. The molecule has 0 aliphatic carbocycles. The highest BCUT2D eigenvalue weighted by molar-refractivity contribution is 5.82. The Kier molecular flexibility index (Phi) is 5.99. The summed E-state index contributed by atoms with van der Waals surface area (Å²) in [5.74, 6) is -0.600. The highest BCUT2D eigenvalue weighted by Crippen LogP contribution is 2.36. The quantitative estimate of drug-likeness (QED) is 0.779. The molecule has 0 spiro atoms. The number of carbonyl (C=O) groups is 2. The Morgan fingerprint density at radius 2 is 1.85 bits per heavy atom. The molecule has 20 heavy (non-hydrogen) atoms. The number of amides is 1. The fraction of sp³-hybridized carbons (Fsp3) is 0.867.